The van der Waals surface area contributed by atoms with Crippen LogP contribution in [0.5, 0.6) is 0 Å². The number of sulfonamides is 1. The molecule has 0 radical (unpaired) electrons. The van der Waals surface area contributed by atoms with Gasteiger partial charge < -0.3 is 5.32 Å². The minimum absolute atomic E-state index is 0.0546. The fourth-order valence-corrected chi connectivity index (χ4v) is 5.14. The summed E-state index contributed by atoms with van der Waals surface area (Å²) in [6.07, 6.45) is 1.11. The van der Waals surface area contributed by atoms with E-state index in [9.17, 15) is 13.2 Å². The number of hydrogen-bond donors (Lipinski definition) is 1. The number of aryl methyl sites for hydroxylation is 3. The van der Waals surface area contributed by atoms with E-state index in [1.54, 1.807) is 42.5 Å². The number of benzene rings is 3. The number of hydrogen-bond acceptors (Lipinski definition) is 3. The molecule has 1 atom stereocenters. The number of nitrogens with one attached hydrogen (secondary N) is 1. The van der Waals surface area contributed by atoms with Gasteiger partial charge in [0.15, 0.2) is 0 Å². The number of rotatable bonds is 7. The van der Waals surface area contributed by atoms with Crippen molar-refractivity contribution in [3.63, 3.8) is 0 Å². The predicted molar refractivity (Wildman–Crippen MR) is 140 cm³/mol. The van der Waals surface area contributed by atoms with Gasteiger partial charge in [-0.15, -0.1) is 0 Å². The lowest BCUT2D eigenvalue weighted by atomic mass is 9.96. The molecule has 0 spiro atoms. The molecule has 0 saturated carbocycles. The molecule has 8 heteroatoms. The second-order valence-corrected chi connectivity index (χ2v) is 11.2. The van der Waals surface area contributed by atoms with Crippen molar-refractivity contribution in [1.29, 1.82) is 0 Å². The third-order valence-electron chi connectivity index (χ3n) is 5.84. The molecule has 3 aromatic carbocycles. The number of carbonyl (C=O) groups is 1. The highest BCUT2D eigenvalue weighted by Crippen LogP contribution is 2.34. The zero-order valence-electron chi connectivity index (χ0n) is 19.8. The Balaban J connectivity index is 1.78. The van der Waals surface area contributed by atoms with Crippen LogP contribution in [0.15, 0.2) is 54.6 Å². The second-order valence-electron chi connectivity index (χ2n) is 8.53. The summed E-state index contributed by atoms with van der Waals surface area (Å²) >= 11 is 12.3. The largest absolute Gasteiger partial charge is 0.346 e. The van der Waals surface area contributed by atoms with Crippen LogP contribution < -0.4 is 9.62 Å². The highest BCUT2D eigenvalue weighted by molar-refractivity contribution is 7.92. The summed E-state index contributed by atoms with van der Waals surface area (Å²) < 4.78 is 26.1. The topological polar surface area (TPSA) is 66.5 Å². The quantitative estimate of drug-likeness (QED) is 0.394. The van der Waals surface area contributed by atoms with Gasteiger partial charge in [-0.2, -0.15) is 0 Å². The maximum atomic E-state index is 12.8. The number of halogens is 2. The first-order valence-electron chi connectivity index (χ1n) is 10.8. The maximum Gasteiger partial charge on any atom is 0.251 e. The molecule has 0 heterocycles. The summed E-state index contributed by atoms with van der Waals surface area (Å²) in [6.45, 7) is 8.18. The van der Waals surface area contributed by atoms with Crippen molar-refractivity contribution in [2.75, 3.05) is 10.6 Å². The van der Waals surface area contributed by atoms with Crippen molar-refractivity contribution >= 4 is 44.8 Å². The molecular weight excluding hydrogens is 491 g/mol. The standard InChI is InChI=1S/C26H28Cl2N2O3S/c1-16-13-18(3)22(14-17(16)2)19(4)29-26(31)21-11-9-20(10-12-21)15-30(34(5,32)33)24-8-6-7-23(27)25(24)28/h6-14,19H,15H2,1-5H3,(H,29,31)/t19-/m0/s1. The second kappa shape index (κ2) is 10.4. The molecule has 0 aliphatic rings. The van der Waals surface area contributed by atoms with Gasteiger partial charge in [0, 0.05) is 5.56 Å². The van der Waals surface area contributed by atoms with Crippen LogP contribution in [0.25, 0.3) is 0 Å². The number of nitrogens with zero attached hydrogens (tertiary/aromatic N) is 1. The fraction of sp³-hybridized carbons (Fsp3) is 0.269. The third kappa shape index (κ3) is 5.93. The van der Waals surface area contributed by atoms with Gasteiger partial charge in [-0.1, -0.05) is 53.5 Å². The third-order valence-corrected chi connectivity index (χ3v) is 7.77. The minimum atomic E-state index is -3.63. The Morgan fingerprint density at radius 1 is 0.971 bits per heavy atom. The van der Waals surface area contributed by atoms with Gasteiger partial charge in [-0.3, -0.25) is 9.10 Å². The molecule has 0 aliphatic heterocycles. The van der Waals surface area contributed by atoms with Crippen LogP contribution in [0.2, 0.25) is 10.0 Å². The molecule has 34 heavy (non-hydrogen) atoms. The van der Waals surface area contributed by atoms with E-state index in [-0.39, 0.29) is 28.5 Å². The van der Waals surface area contributed by atoms with Crippen LogP contribution in [0.1, 0.15) is 51.1 Å². The monoisotopic (exact) mass is 518 g/mol. The molecule has 0 saturated heterocycles. The normalized spacial score (nSPS) is 12.3. The lowest BCUT2D eigenvalue weighted by molar-refractivity contribution is 0.0940. The fourth-order valence-electron chi connectivity index (χ4n) is 3.80. The van der Waals surface area contributed by atoms with Crippen LogP contribution in [0, 0.1) is 20.8 Å². The number of amides is 1. The summed E-state index contributed by atoms with van der Waals surface area (Å²) in [5, 5.41) is 3.49. The van der Waals surface area contributed by atoms with E-state index in [0.717, 1.165) is 17.4 Å². The Labute approximate surface area is 211 Å². The zero-order chi connectivity index (χ0) is 25.2. The Morgan fingerprint density at radius 3 is 2.21 bits per heavy atom. The number of carbonyl (C=O) groups excluding carboxylic acids is 1. The Hall–Kier alpha value is -2.54. The summed E-state index contributed by atoms with van der Waals surface area (Å²) in [5.74, 6) is -0.200. The molecule has 0 unspecified atom stereocenters. The minimum Gasteiger partial charge on any atom is -0.346 e. The highest BCUT2D eigenvalue weighted by atomic mass is 35.5. The Kier molecular flexibility index (Phi) is 7.96. The molecule has 1 N–H and O–H groups in total. The Morgan fingerprint density at radius 2 is 1.59 bits per heavy atom. The summed E-state index contributed by atoms with van der Waals surface area (Å²) in [7, 11) is -3.63. The smallest absolute Gasteiger partial charge is 0.251 e. The zero-order valence-corrected chi connectivity index (χ0v) is 22.1. The van der Waals surface area contributed by atoms with E-state index in [1.807, 2.05) is 13.8 Å². The van der Waals surface area contributed by atoms with Crippen molar-refractivity contribution in [3.8, 4) is 0 Å². The molecule has 1 amide bonds. The molecular formula is C26H28Cl2N2O3S. The molecule has 0 fully saturated rings. The van der Waals surface area contributed by atoms with E-state index < -0.39 is 10.0 Å². The van der Waals surface area contributed by atoms with Gasteiger partial charge in [0.1, 0.15) is 0 Å². The summed E-state index contributed by atoms with van der Waals surface area (Å²) in [5.41, 5.74) is 6.11. The molecule has 0 bridgehead atoms. The van der Waals surface area contributed by atoms with Gasteiger partial charge in [-0.25, -0.2) is 8.42 Å². The van der Waals surface area contributed by atoms with E-state index in [0.29, 0.717) is 16.8 Å². The lowest BCUT2D eigenvalue weighted by Gasteiger charge is -2.24. The van der Waals surface area contributed by atoms with Crippen LogP contribution in [-0.4, -0.2) is 20.6 Å². The van der Waals surface area contributed by atoms with Gasteiger partial charge in [-0.05, 0) is 79.8 Å². The number of anilines is 1. The Bertz CT molecular complexity index is 1320. The van der Waals surface area contributed by atoms with Crippen molar-refractivity contribution in [3.05, 3.63) is 98.0 Å². The van der Waals surface area contributed by atoms with Gasteiger partial charge in [0.2, 0.25) is 10.0 Å². The van der Waals surface area contributed by atoms with Gasteiger partial charge in [0.05, 0.1) is 34.6 Å². The average molecular weight is 519 g/mol. The first kappa shape index (κ1) is 26.1. The summed E-state index contributed by atoms with van der Waals surface area (Å²) in [4.78, 5) is 12.8. The summed E-state index contributed by atoms with van der Waals surface area (Å²) in [6, 6.07) is 15.8. The molecule has 0 aliphatic carbocycles. The van der Waals surface area contributed by atoms with Gasteiger partial charge >= 0.3 is 0 Å². The average Bonchev–Trinajstić information content (AvgIpc) is 2.76. The van der Waals surface area contributed by atoms with Crippen molar-refractivity contribution in [1.82, 2.24) is 5.32 Å². The van der Waals surface area contributed by atoms with Gasteiger partial charge in [0.25, 0.3) is 5.91 Å². The van der Waals surface area contributed by atoms with E-state index in [1.165, 1.54) is 15.4 Å². The van der Waals surface area contributed by atoms with Crippen molar-refractivity contribution in [2.24, 2.45) is 0 Å². The van der Waals surface area contributed by atoms with Crippen LogP contribution in [-0.2, 0) is 16.6 Å². The molecule has 0 aromatic heterocycles. The molecule has 180 valence electrons. The molecule has 3 aromatic rings. The lowest BCUT2D eigenvalue weighted by Crippen LogP contribution is -2.30. The van der Waals surface area contributed by atoms with Crippen LogP contribution >= 0.6 is 23.2 Å². The first-order chi connectivity index (χ1) is 15.9. The van der Waals surface area contributed by atoms with E-state index in [2.05, 4.69) is 31.3 Å². The maximum absolute atomic E-state index is 12.8. The molecule has 3 rings (SSSR count). The first-order valence-corrected chi connectivity index (χ1v) is 13.4. The highest BCUT2D eigenvalue weighted by Gasteiger charge is 2.22. The van der Waals surface area contributed by atoms with Crippen LogP contribution in [0.4, 0.5) is 5.69 Å². The predicted octanol–water partition coefficient (Wildman–Crippen LogP) is 6.38. The van der Waals surface area contributed by atoms with E-state index in [4.69, 9.17) is 23.2 Å². The van der Waals surface area contributed by atoms with E-state index >= 15 is 0 Å². The SMILES string of the molecule is Cc1cc(C)c([C@H](C)NC(=O)c2ccc(CN(c3cccc(Cl)c3Cl)S(C)(=O)=O)cc2)cc1C. The van der Waals surface area contributed by atoms with Crippen molar-refractivity contribution in [2.45, 2.75) is 40.3 Å². The molecule has 5 nitrogen and oxygen atoms in total. The van der Waals surface area contributed by atoms with Crippen LogP contribution in [0.3, 0.4) is 0 Å². The van der Waals surface area contributed by atoms with Crippen molar-refractivity contribution < 1.29 is 13.2 Å².